The number of unbranched alkanes of at least 4 members (excludes halogenated alkanes) is 2. The molecule has 0 N–H and O–H groups in total. The molecule has 1 aliphatic heterocycles. The molecule has 0 bridgehead atoms. The van der Waals surface area contributed by atoms with Crippen LogP contribution in [0, 0.1) is 0 Å². The van der Waals surface area contributed by atoms with Crippen LogP contribution < -0.4 is 14.4 Å². The van der Waals surface area contributed by atoms with Gasteiger partial charge in [0.15, 0.2) is 0 Å². The average molecular weight is 517 g/mol. The van der Waals surface area contributed by atoms with Crippen molar-refractivity contribution in [2.45, 2.75) is 67.6 Å². The van der Waals surface area contributed by atoms with Gasteiger partial charge in [-0.05, 0) is 82.1 Å². The summed E-state index contributed by atoms with van der Waals surface area (Å²) in [4.78, 5) is 18.5. The summed E-state index contributed by atoms with van der Waals surface area (Å²) in [6.45, 7) is 1.79. The maximum atomic E-state index is 13.3. The molecule has 2 aromatic rings. The van der Waals surface area contributed by atoms with E-state index in [1.54, 1.807) is 12.0 Å². The number of carbonyl (C=O) groups is 1. The van der Waals surface area contributed by atoms with E-state index in [1.165, 1.54) is 50.3 Å². The van der Waals surface area contributed by atoms with Crippen molar-refractivity contribution in [3.8, 4) is 11.5 Å². The maximum Gasteiger partial charge on any atom is 0.244 e. The molecule has 7 heteroatoms. The highest BCUT2D eigenvalue weighted by atomic mass is 35.5. The largest absolute Gasteiger partial charge is 0.497 e. The maximum absolute atomic E-state index is 13.3. The molecule has 2 aliphatic rings. The van der Waals surface area contributed by atoms with Crippen molar-refractivity contribution in [1.82, 2.24) is 4.90 Å². The summed E-state index contributed by atoms with van der Waals surface area (Å²) in [6.07, 6.45) is 10.2. The number of amides is 1. The van der Waals surface area contributed by atoms with E-state index in [0.717, 1.165) is 47.3 Å². The van der Waals surface area contributed by atoms with Crippen molar-refractivity contribution < 1.29 is 14.3 Å². The lowest BCUT2D eigenvalue weighted by atomic mass is 9.94. The quantitative estimate of drug-likeness (QED) is 0.319. The SMILES string of the molecule is COc1ccc(OCCCCCN(C)C2CCCCC2)c(C2Sc3cc(Cl)ccc3N(C)C2=O)c1. The summed E-state index contributed by atoms with van der Waals surface area (Å²) < 4.78 is 11.7. The number of hydrogen-bond acceptors (Lipinski definition) is 5. The fourth-order valence-electron chi connectivity index (χ4n) is 5.04. The van der Waals surface area contributed by atoms with Crippen LogP contribution in [0.15, 0.2) is 41.3 Å². The van der Waals surface area contributed by atoms with Gasteiger partial charge in [0.05, 0.1) is 19.4 Å². The van der Waals surface area contributed by atoms with Crippen LogP contribution >= 0.6 is 23.4 Å². The first-order chi connectivity index (χ1) is 17.0. The van der Waals surface area contributed by atoms with Gasteiger partial charge < -0.3 is 19.3 Å². The van der Waals surface area contributed by atoms with Crippen LogP contribution in [0.1, 0.15) is 62.2 Å². The third-order valence-corrected chi connectivity index (χ3v) is 8.70. The van der Waals surface area contributed by atoms with Crippen molar-refractivity contribution in [3.63, 3.8) is 0 Å². The van der Waals surface area contributed by atoms with Crippen LogP contribution in [-0.2, 0) is 4.79 Å². The standard InChI is InChI=1S/C28H37ClN2O3S/c1-30(21-10-6-4-7-11-21)16-8-5-9-17-34-25-15-13-22(33-3)19-23(25)27-28(32)31(2)24-14-12-20(29)18-26(24)35-27/h12-15,18-19,21,27H,4-11,16-17H2,1-3H3. The number of thioether (sulfide) groups is 1. The minimum atomic E-state index is -0.416. The van der Waals surface area contributed by atoms with E-state index < -0.39 is 5.25 Å². The van der Waals surface area contributed by atoms with Crippen LogP contribution in [0.2, 0.25) is 5.02 Å². The molecule has 190 valence electrons. The van der Waals surface area contributed by atoms with Gasteiger partial charge in [-0.15, -0.1) is 11.8 Å². The van der Waals surface area contributed by atoms with Gasteiger partial charge in [0.2, 0.25) is 5.91 Å². The Morgan fingerprint density at radius 2 is 1.89 bits per heavy atom. The molecule has 1 amide bonds. The van der Waals surface area contributed by atoms with Crippen LogP contribution in [0.25, 0.3) is 0 Å². The van der Waals surface area contributed by atoms with Crippen molar-refractivity contribution >= 4 is 35.0 Å². The van der Waals surface area contributed by atoms with Gasteiger partial charge >= 0.3 is 0 Å². The van der Waals surface area contributed by atoms with Crippen LogP contribution in [0.4, 0.5) is 5.69 Å². The van der Waals surface area contributed by atoms with Gasteiger partial charge in [0, 0.05) is 28.6 Å². The predicted molar refractivity (Wildman–Crippen MR) is 145 cm³/mol. The molecule has 1 aliphatic carbocycles. The number of ether oxygens (including phenoxy) is 2. The number of fused-ring (bicyclic) bond motifs is 1. The first-order valence-electron chi connectivity index (χ1n) is 12.7. The fraction of sp³-hybridized carbons (Fsp3) is 0.536. The fourth-order valence-corrected chi connectivity index (χ4v) is 6.63. The van der Waals surface area contributed by atoms with Gasteiger partial charge in [-0.1, -0.05) is 30.9 Å². The first kappa shape index (κ1) is 26.2. The third kappa shape index (κ3) is 6.46. The highest BCUT2D eigenvalue weighted by molar-refractivity contribution is 8.00. The van der Waals surface area contributed by atoms with E-state index in [-0.39, 0.29) is 5.91 Å². The number of benzene rings is 2. The molecule has 1 saturated carbocycles. The predicted octanol–water partition coefficient (Wildman–Crippen LogP) is 6.97. The van der Waals surface area contributed by atoms with Crippen LogP contribution in [-0.4, -0.2) is 51.2 Å². The lowest BCUT2D eigenvalue weighted by Crippen LogP contribution is -2.34. The Balaban J connectivity index is 1.36. The topological polar surface area (TPSA) is 42.0 Å². The van der Waals surface area contributed by atoms with Gasteiger partial charge in [-0.2, -0.15) is 0 Å². The first-order valence-corrected chi connectivity index (χ1v) is 14.0. The molecule has 2 aromatic carbocycles. The number of likely N-dealkylation sites (N-methyl/N-ethyl adjacent to an activating group) is 1. The summed E-state index contributed by atoms with van der Waals surface area (Å²) in [5, 5.41) is 0.245. The van der Waals surface area contributed by atoms with Crippen molar-refractivity contribution in [1.29, 1.82) is 0 Å². The molecule has 35 heavy (non-hydrogen) atoms. The highest BCUT2D eigenvalue weighted by Crippen LogP contribution is 2.49. The molecular weight excluding hydrogens is 480 g/mol. The van der Waals surface area contributed by atoms with E-state index >= 15 is 0 Å². The Kier molecular flexibility index (Phi) is 9.26. The highest BCUT2D eigenvalue weighted by Gasteiger charge is 2.35. The van der Waals surface area contributed by atoms with E-state index in [9.17, 15) is 4.79 Å². The zero-order valence-electron chi connectivity index (χ0n) is 21.1. The van der Waals surface area contributed by atoms with Gasteiger partial charge in [0.25, 0.3) is 0 Å². The summed E-state index contributed by atoms with van der Waals surface area (Å²) in [6, 6.07) is 12.1. The van der Waals surface area contributed by atoms with E-state index in [2.05, 4.69) is 11.9 Å². The van der Waals surface area contributed by atoms with E-state index in [1.807, 2.05) is 43.4 Å². The van der Waals surface area contributed by atoms with Gasteiger partial charge in [-0.25, -0.2) is 0 Å². The number of halogens is 1. The Morgan fingerprint density at radius 1 is 1.09 bits per heavy atom. The molecule has 0 saturated heterocycles. The number of nitrogens with zero attached hydrogens (tertiary/aromatic N) is 2. The average Bonchev–Trinajstić information content (AvgIpc) is 2.88. The molecular formula is C28H37ClN2O3S. The summed E-state index contributed by atoms with van der Waals surface area (Å²) >= 11 is 7.76. The monoisotopic (exact) mass is 516 g/mol. The van der Waals surface area contributed by atoms with Gasteiger partial charge in [-0.3, -0.25) is 4.79 Å². The number of methoxy groups -OCH3 is 1. The van der Waals surface area contributed by atoms with Crippen LogP contribution in [0.5, 0.6) is 11.5 Å². The van der Waals surface area contributed by atoms with Crippen molar-refractivity contribution in [3.05, 3.63) is 47.0 Å². The molecule has 0 spiro atoms. The Labute approximate surface area is 219 Å². The second kappa shape index (κ2) is 12.4. The molecule has 4 rings (SSSR count). The molecule has 1 atom stereocenters. The zero-order valence-corrected chi connectivity index (χ0v) is 22.7. The Bertz CT molecular complexity index is 1010. The van der Waals surface area contributed by atoms with Crippen molar-refractivity contribution in [2.24, 2.45) is 0 Å². The van der Waals surface area contributed by atoms with Gasteiger partial charge in [0.1, 0.15) is 16.7 Å². The minimum absolute atomic E-state index is 0.0219. The lowest BCUT2D eigenvalue weighted by Gasteiger charge is -2.32. The normalized spacial score (nSPS) is 18.6. The summed E-state index contributed by atoms with van der Waals surface area (Å²) in [7, 11) is 5.73. The molecule has 5 nitrogen and oxygen atoms in total. The second-order valence-electron chi connectivity index (χ2n) is 9.59. The number of rotatable bonds is 10. The minimum Gasteiger partial charge on any atom is -0.497 e. The molecule has 0 radical (unpaired) electrons. The molecule has 1 heterocycles. The zero-order chi connectivity index (χ0) is 24.8. The number of hydrogen-bond donors (Lipinski definition) is 0. The number of carbonyl (C=O) groups excluding carboxylic acids is 1. The lowest BCUT2D eigenvalue weighted by molar-refractivity contribution is -0.118. The molecule has 1 fully saturated rings. The van der Waals surface area contributed by atoms with Crippen molar-refractivity contribution in [2.75, 3.05) is 39.3 Å². The van der Waals surface area contributed by atoms with E-state index in [4.69, 9.17) is 21.1 Å². The smallest absolute Gasteiger partial charge is 0.244 e. The number of anilines is 1. The second-order valence-corrected chi connectivity index (χ2v) is 11.2. The third-order valence-electron chi connectivity index (χ3n) is 7.19. The Morgan fingerprint density at radius 3 is 2.66 bits per heavy atom. The summed E-state index contributed by atoms with van der Waals surface area (Å²) in [5.74, 6) is 1.48. The molecule has 1 unspecified atom stereocenters. The Hall–Kier alpha value is -1.89. The van der Waals surface area contributed by atoms with Crippen LogP contribution in [0.3, 0.4) is 0 Å². The summed E-state index contributed by atoms with van der Waals surface area (Å²) in [5.41, 5.74) is 1.72. The van der Waals surface area contributed by atoms with E-state index in [0.29, 0.717) is 17.4 Å². The molecule has 0 aromatic heterocycles.